The van der Waals surface area contributed by atoms with Crippen LogP contribution in [-0.4, -0.2) is 60.8 Å². The molecule has 1 aromatic heterocycles. The third kappa shape index (κ3) is 3.83. The second-order valence-corrected chi connectivity index (χ2v) is 7.60. The first-order valence-electron chi connectivity index (χ1n) is 9.60. The molecule has 4 rings (SSSR count). The minimum absolute atomic E-state index is 0.105. The van der Waals surface area contributed by atoms with Crippen molar-refractivity contribution >= 4 is 11.9 Å². The zero-order valence-electron chi connectivity index (χ0n) is 15.8. The lowest BCUT2D eigenvalue weighted by Crippen LogP contribution is -2.54. The molecular weight excluding hydrogens is 344 g/mol. The van der Waals surface area contributed by atoms with Gasteiger partial charge in [0.1, 0.15) is 0 Å². The summed E-state index contributed by atoms with van der Waals surface area (Å²) in [6.07, 6.45) is 3.74. The number of aromatic nitrogens is 2. The van der Waals surface area contributed by atoms with E-state index in [1.54, 1.807) is 7.11 Å². The summed E-state index contributed by atoms with van der Waals surface area (Å²) in [6.45, 7) is 3.81. The van der Waals surface area contributed by atoms with Crippen molar-refractivity contribution in [1.82, 2.24) is 15.0 Å². The molecule has 27 heavy (non-hydrogen) atoms. The number of likely N-dealkylation sites (tertiary alicyclic amines) is 1. The molecule has 2 aliphatic rings. The Morgan fingerprint density at radius 2 is 2.07 bits per heavy atom. The van der Waals surface area contributed by atoms with E-state index in [1.165, 1.54) is 0 Å². The predicted octanol–water partition coefficient (Wildman–Crippen LogP) is 2.59. The maximum Gasteiger partial charge on any atom is 0.266 e. The van der Waals surface area contributed by atoms with Crippen LogP contribution in [0.3, 0.4) is 0 Å². The molecule has 0 saturated carbocycles. The van der Waals surface area contributed by atoms with Gasteiger partial charge in [0.15, 0.2) is 0 Å². The van der Waals surface area contributed by atoms with Gasteiger partial charge < -0.3 is 19.1 Å². The van der Waals surface area contributed by atoms with E-state index < -0.39 is 0 Å². The fourth-order valence-corrected chi connectivity index (χ4v) is 4.26. The number of hydrogen-bond acceptors (Lipinski definition) is 6. The van der Waals surface area contributed by atoms with Crippen molar-refractivity contribution < 1.29 is 14.1 Å². The zero-order valence-corrected chi connectivity index (χ0v) is 15.8. The maximum absolute atomic E-state index is 12.3. The summed E-state index contributed by atoms with van der Waals surface area (Å²) in [6, 6.07) is 9.82. The molecule has 3 heterocycles. The molecule has 0 N–H and O–H groups in total. The van der Waals surface area contributed by atoms with Gasteiger partial charge in [-0.2, -0.15) is 4.98 Å². The van der Waals surface area contributed by atoms with E-state index in [0.29, 0.717) is 31.4 Å². The Morgan fingerprint density at radius 1 is 1.22 bits per heavy atom. The molecule has 2 saturated heterocycles. The van der Waals surface area contributed by atoms with Gasteiger partial charge in [-0.25, -0.2) is 0 Å². The van der Waals surface area contributed by atoms with Crippen LogP contribution in [0.25, 0.3) is 11.5 Å². The molecule has 7 heteroatoms. The number of carbonyl (C=O) groups excluding carboxylic acids is 1. The van der Waals surface area contributed by atoms with Gasteiger partial charge in [0.2, 0.25) is 5.91 Å². The average molecular weight is 370 g/mol. The summed E-state index contributed by atoms with van der Waals surface area (Å²) in [4.78, 5) is 21.0. The van der Waals surface area contributed by atoms with E-state index in [1.807, 2.05) is 35.2 Å². The Hall–Kier alpha value is -2.41. The SMILES string of the molecule is COCCN1C[C@]2(CCCN(c3noc(-c4ccccc4)n3)C2)CCC1=O. The van der Waals surface area contributed by atoms with E-state index in [4.69, 9.17) is 9.26 Å². The van der Waals surface area contributed by atoms with Crippen LogP contribution in [0.5, 0.6) is 0 Å². The van der Waals surface area contributed by atoms with Crippen molar-refractivity contribution in [2.24, 2.45) is 5.41 Å². The van der Waals surface area contributed by atoms with E-state index in [0.717, 1.165) is 44.5 Å². The number of nitrogens with zero attached hydrogens (tertiary/aromatic N) is 4. The summed E-state index contributed by atoms with van der Waals surface area (Å²) in [5.74, 6) is 1.43. The standard InChI is InChI=1S/C20H26N4O3/c1-26-13-12-23-14-20(10-8-17(23)25)9-5-11-24(15-20)19-21-18(27-22-19)16-6-3-2-4-7-16/h2-4,6-7H,5,8-15H2,1H3/t20-/m0/s1. The summed E-state index contributed by atoms with van der Waals surface area (Å²) in [5, 5.41) is 4.22. The van der Waals surface area contributed by atoms with Crippen LogP contribution in [0.15, 0.2) is 34.9 Å². The molecule has 0 aliphatic carbocycles. The summed E-state index contributed by atoms with van der Waals surface area (Å²) in [7, 11) is 1.67. The van der Waals surface area contributed by atoms with Crippen molar-refractivity contribution in [2.45, 2.75) is 25.7 Å². The molecular formula is C20H26N4O3. The number of ether oxygens (including phenoxy) is 1. The molecule has 1 amide bonds. The lowest BCUT2D eigenvalue weighted by molar-refractivity contribution is -0.138. The van der Waals surface area contributed by atoms with Crippen molar-refractivity contribution in [1.29, 1.82) is 0 Å². The van der Waals surface area contributed by atoms with Gasteiger partial charge in [-0.3, -0.25) is 4.79 Å². The molecule has 2 aromatic rings. The number of amides is 1. The minimum atomic E-state index is 0.105. The normalized spacial score (nSPS) is 23.2. The van der Waals surface area contributed by atoms with Gasteiger partial charge in [-0.1, -0.05) is 18.2 Å². The van der Waals surface area contributed by atoms with Crippen LogP contribution in [0.2, 0.25) is 0 Å². The van der Waals surface area contributed by atoms with Crippen LogP contribution >= 0.6 is 0 Å². The number of carbonyl (C=O) groups is 1. The highest BCUT2D eigenvalue weighted by molar-refractivity contribution is 5.77. The largest absolute Gasteiger partial charge is 0.383 e. The molecule has 0 radical (unpaired) electrons. The summed E-state index contributed by atoms with van der Waals surface area (Å²) < 4.78 is 10.7. The van der Waals surface area contributed by atoms with Crippen molar-refractivity contribution in [3.63, 3.8) is 0 Å². The topological polar surface area (TPSA) is 71.7 Å². The molecule has 2 fully saturated rings. The van der Waals surface area contributed by atoms with E-state index in [9.17, 15) is 4.79 Å². The first kappa shape index (κ1) is 18.0. The highest BCUT2D eigenvalue weighted by Crippen LogP contribution is 2.39. The van der Waals surface area contributed by atoms with E-state index in [-0.39, 0.29) is 11.3 Å². The lowest BCUT2D eigenvalue weighted by atomic mass is 9.73. The van der Waals surface area contributed by atoms with Crippen LogP contribution in [0, 0.1) is 5.41 Å². The van der Waals surface area contributed by atoms with Crippen LogP contribution in [0.4, 0.5) is 5.95 Å². The number of hydrogen-bond donors (Lipinski definition) is 0. The molecule has 1 spiro atoms. The number of benzene rings is 1. The fourth-order valence-electron chi connectivity index (χ4n) is 4.26. The number of piperidine rings is 2. The van der Waals surface area contributed by atoms with Gasteiger partial charge >= 0.3 is 0 Å². The quantitative estimate of drug-likeness (QED) is 0.806. The molecule has 1 atom stereocenters. The van der Waals surface area contributed by atoms with E-state index >= 15 is 0 Å². The first-order chi connectivity index (χ1) is 13.2. The third-order valence-electron chi connectivity index (χ3n) is 5.69. The van der Waals surface area contributed by atoms with Crippen molar-refractivity contribution in [3.8, 4) is 11.5 Å². The highest BCUT2D eigenvalue weighted by atomic mass is 16.5. The Labute approximate surface area is 159 Å². The van der Waals surface area contributed by atoms with Crippen molar-refractivity contribution in [3.05, 3.63) is 30.3 Å². The van der Waals surface area contributed by atoms with Gasteiger partial charge in [-0.15, -0.1) is 0 Å². The third-order valence-corrected chi connectivity index (χ3v) is 5.69. The second kappa shape index (κ2) is 7.68. The van der Waals surface area contributed by atoms with Gasteiger partial charge in [0.05, 0.1) is 6.61 Å². The zero-order chi connectivity index (χ0) is 18.7. The number of rotatable bonds is 5. The molecule has 7 nitrogen and oxygen atoms in total. The Bertz CT molecular complexity index is 779. The van der Waals surface area contributed by atoms with Crippen LogP contribution < -0.4 is 4.90 Å². The van der Waals surface area contributed by atoms with E-state index in [2.05, 4.69) is 15.0 Å². The summed E-state index contributed by atoms with van der Waals surface area (Å²) in [5.41, 5.74) is 1.03. The minimum Gasteiger partial charge on any atom is -0.383 e. The Kier molecular flexibility index (Phi) is 5.11. The lowest BCUT2D eigenvalue weighted by Gasteiger charge is -2.47. The molecule has 2 aliphatic heterocycles. The van der Waals surface area contributed by atoms with Crippen LogP contribution in [0.1, 0.15) is 25.7 Å². The monoisotopic (exact) mass is 370 g/mol. The van der Waals surface area contributed by atoms with Crippen molar-refractivity contribution in [2.75, 3.05) is 44.8 Å². The smallest absolute Gasteiger partial charge is 0.266 e. The highest BCUT2D eigenvalue weighted by Gasteiger charge is 2.42. The van der Waals surface area contributed by atoms with Gasteiger partial charge in [-0.05, 0) is 36.6 Å². The maximum atomic E-state index is 12.3. The molecule has 144 valence electrons. The molecule has 1 aromatic carbocycles. The number of methoxy groups -OCH3 is 1. The average Bonchev–Trinajstić information content (AvgIpc) is 3.20. The first-order valence-corrected chi connectivity index (χ1v) is 9.60. The fraction of sp³-hybridized carbons (Fsp3) is 0.550. The Morgan fingerprint density at radius 3 is 2.89 bits per heavy atom. The van der Waals surface area contributed by atoms with Gasteiger partial charge in [0.25, 0.3) is 11.8 Å². The molecule has 0 bridgehead atoms. The Balaban J connectivity index is 1.48. The second-order valence-electron chi connectivity index (χ2n) is 7.60. The molecule has 0 unspecified atom stereocenters. The summed E-state index contributed by atoms with van der Waals surface area (Å²) >= 11 is 0. The number of anilines is 1. The van der Waals surface area contributed by atoms with Crippen LogP contribution in [-0.2, 0) is 9.53 Å². The van der Waals surface area contributed by atoms with Gasteiger partial charge in [0, 0.05) is 50.7 Å². The predicted molar refractivity (Wildman–Crippen MR) is 101 cm³/mol.